The second kappa shape index (κ2) is 7.17. The third-order valence-corrected chi connectivity index (χ3v) is 4.11. The Bertz CT molecular complexity index is 753. The van der Waals surface area contributed by atoms with Gasteiger partial charge in [-0.3, -0.25) is 4.79 Å². The van der Waals surface area contributed by atoms with E-state index >= 15 is 0 Å². The van der Waals surface area contributed by atoms with Crippen LogP contribution in [0, 0.1) is 5.82 Å². The average Bonchev–Trinajstić information content (AvgIpc) is 2.61. The van der Waals surface area contributed by atoms with Crippen molar-refractivity contribution in [2.75, 3.05) is 31.1 Å². The van der Waals surface area contributed by atoms with Crippen molar-refractivity contribution in [3.05, 3.63) is 72.2 Å². The number of aromatic hydroxyl groups is 1. The molecule has 5 heteroatoms. The fraction of sp³-hybridized carbons (Fsp3) is 0.211. The molecule has 0 aromatic heterocycles. The van der Waals surface area contributed by atoms with Crippen LogP contribution in [0.2, 0.25) is 0 Å². The van der Waals surface area contributed by atoms with Crippen molar-refractivity contribution >= 4 is 11.5 Å². The first-order chi connectivity index (χ1) is 11.6. The molecule has 3 rings (SSSR count). The Kier molecular flexibility index (Phi) is 4.79. The summed E-state index contributed by atoms with van der Waals surface area (Å²) in [5, 5.41) is 9.69. The molecule has 0 radical (unpaired) electrons. The number of hydrogen-bond donors (Lipinski definition) is 1. The van der Waals surface area contributed by atoms with E-state index in [9.17, 15) is 14.3 Å². The lowest BCUT2D eigenvalue weighted by Crippen LogP contribution is -2.44. The first kappa shape index (κ1) is 16.1. The molecular weight excluding hydrogens is 307 g/mol. The zero-order valence-corrected chi connectivity index (χ0v) is 13.2. The van der Waals surface area contributed by atoms with E-state index in [0.29, 0.717) is 37.4 Å². The molecule has 2 aromatic rings. The highest BCUT2D eigenvalue weighted by Gasteiger charge is 2.17. The first-order valence-corrected chi connectivity index (χ1v) is 7.89. The highest BCUT2D eigenvalue weighted by molar-refractivity contribution is 6.06. The SMILES string of the molecule is O=C(/C=C/N1CCN(c2ccccc2F)CC1)c1ccccc1O. The first-order valence-electron chi connectivity index (χ1n) is 7.89. The highest BCUT2D eigenvalue weighted by atomic mass is 19.1. The van der Waals surface area contributed by atoms with Gasteiger partial charge in [0.25, 0.3) is 0 Å². The summed E-state index contributed by atoms with van der Waals surface area (Å²) < 4.78 is 13.8. The molecule has 1 N–H and O–H groups in total. The third kappa shape index (κ3) is 3.56. The molecule has 1 heterocycles. The van der Waals surface area contributed by atoms with Gasteiger partial charge in [-0.15, -0.1) is 0 Å². The predicted octanol–water partition coefficient (Wildman–Crippen LogP) is 3.05. The van der Waals surface area contributed by atoms with Crippen LogP contribution in [0.1, 0.15) is 10.4 Å². The molecule has 0 amide bonds. The highest BCUT2D eigenvalue weighted by Crippen LogP contribution is 2.20. The van der Waals surface area contributed by atoms with Crippen LogP contribution >= 0.6 is 0 Å². The van der Waals surface area contributed by atoms with E-state index in [1.165, 1.54) is 18.2 Å². The minimum Gasteiger partial charge on any atom is -0.507 e. The van der Waals surface area contributed by atoms with Crippen LogP contribution < -0.4 is 4.90 Å². The molecule has 124 valence electrons. The van der Waals surface area contributed by atoms with Gasteiger partial charge in [0.15, 0.2) is 5.78 Å². The van der Waals surface area contributed by atoms with E-state index in [2.05, 4.69) is 0 Å². The number of allylic oxidation sites excluding steroid dienone is 1. The molecule has 1 aliphatic rings. The van der Waals surface area contributed by atoms with Gasteiger partial charge in [0.2, 0.25) is 0 Å². The van der Waals surface area contributed by atoms with Crippen LogP contribution in [0.5, 0.6) is 5.75 Å². The lowest BCUT2D eigenvalue weighted by molar-refractivity contribution is 0.104. The number of carbonyl (C=O) groups is 1. The number of halogens is 1. The molecular formula is C19H19FN2O2. The fourth-order valence-corrected chi connectivity index (χ4v) is 2.76. The van der Waals surface area contributed by atoms with Gasteiger partial charge in [-0.2, -0.15) is 0 Å². The Morgan fingerprint density at radius 3 is 2.38 bits per heavy atom. The van der Waals surface area contributed by atoms with Gasteiger partial charge >= 0.3 is 0 Å². The Morgan fingerprint density at radius 2 is 1.67 bits per heavy atom. The van der Waals surface area contributed by atoms with E-state index in [-0.39, 0.29) is 17.3 Å². The van der Waals surface area contributed by atoms with Crippen molar-refractivity contribution < 1.29 is 14.3 Å². The number of hydrogen-bond acceptors (Lipinski definition) is 4. The number of piperazine rings is 1. The molecule has 24 heavy (non-hydrogen) atoms. The minimum atomic E-state index is -0.232. The largest absolute Gasteiger partial charge is 0.507 e. The zero-order valence-electron chi connectivity index (χ0n) is 13.2. The molecule has 1 saturated heterocycles. The van der Waals surface area contributed by atoms with Crippen molar-refractivity contribution in [1.29, 1.82) is 0 Å². The van der Waals surface area contributed by atoms with Crippen LogP contribution in [-0.2, 0) is 0 Å². The number of phenols is 1. The lowest BCUT2D eigenvalue weighted by Gasteiger charge is -2.35. The summed E-state index contributed by atoms with van der Waals surface area (Å²) in [6.07, 6.45) is 3.21. The standard InChI is InChI=1S/C19H19FN2O2/c20-16-6-2-3-7-17(16)22-13-11-21(12-14-22)10-9-19(24)15-5-1-4-8-18(15)23/h1-10,23H,11-14H2/b10-9+. The summed E-state index contributed by atoms with van der Waals surface area (Å²) in [6.45, 7) is 2.80. The summed E-state index contributed by atoms with van der Waals surface area (Å²) in [7, 11) is 0. The second-order valence-corrected chi connectivity index (χ2v) is 5.67. The van der Waals surface area contributed by atoms with Crippen LogP contribution in [0.15, 0.2) is 60.8 Å². The second-order valence-electron chi connectivity index (χ2n) is 5.67. The Labute approximate surface area is 140 Å². The van der Waals surface area contributed by atoms with Gasteiger partial charge in [0.1, 0.15) is 11.6 Å². The quantitative estimate of drug-likeness (QED) is 0.693. The molecule has 1 fully saturated rings. The van der Waals surface area contributed by atoms with Crippen LogP contribution in [0.4, 0.5) is 10.1 Å². The molecule has 0 spiro atoms. The number of para-hydroxylation sites is 2. The lowest BCUT2D eigenvalue weighted by atomic mass is 10.1. The Morgan fingerprint density at radius 1 is 1.00 bits per heavy atom. The van der Waals surface area contributed by atoms with Gasteiger partial charge in [0, 0.05) is 38.5 Å². The van der Waals surface area contributed by atoms with Gasteiger partial charge < -0.3 is 14.9 Å². The van der Waals surface area contributed by atoms with Gasteiger partial charge in [-0.1, -0.05) is 24.3 Å². The summed E-state index contributed by atoms with van der Waals surface area (Å²) in [5.41, 5.74) is 0.908. The maximum atomic E-state index is 13.8. The predicted molar refractivity (Wildman–Crippen MR) is 91.8 cm³/mol. The fourth-order valence-electron chi connectivity index (χ4n) is 2.76. The Hall–Kier alpha value is -2.82. The summed E-state index contributed by atoms with van der Waals surface area (Å²) in [5.74, 6) is -0.461. The maximum Gasteiger partial charge on any atom is 0.190 e. The molecule has 4 nitrogen and oxygen atoms in total. The van der Waals surface area contributed by atoms with Crippen LogP contribution in [-0.4, -0.2) is 42.0 Å². The maximum absolute atomic E-state index is 13.8. The summed E-state index contributed by atoms with van der Waals surface area (Å²) in [4.78, 5) is 16.1. The number of ketones is 1. The van der Waals surface area contributed by atoms with E-state index in [0.717, 1.165) is 0 Å². The number of anilines is 1. The summed E-state index contributed by atoms with van der Waals surface area (Å²) >= 11 is 0. The average molecular weight is 326 g/mol. The van der Waals surface area contributed by atoms with Crippen LogP contribution in [0.25, 0.3) is 0 Å². The van der Waals surface area contributed by atoms with Crippen molar-refractivity contribution in [3.63, 3.8) is 0 Å². The number of rotatable bonds is 4. The normalized spacial score (nSPS) is 15.0. The van der Waals surface area contributed by atoms with Crippen molar-refractivity contribution in [3.8, 4) is 5.75 Å². The van der Waals surface area contributed by atoms with E-state index in [1.807, 2.05) is 15.9 Å². The molecule has 1 aliphatic heterocycles. The molecule has 2 aromatic carbocycles. The smallest absolute Gasteiger partial charge is 0.190 e. The van der Waals surface area contributed by atoms with Gasteiger partial charge in [-0.05, 0) is 24.3 Å². The van der Waals surface area contributed by atoms with Crippen molar-refractivity contribution in [1.82, 2.24) is 4.90 Å². The van der Waals surface area contributed by atoms with Crippen molar-refractivity contribution in [2.24, 2.45) is 0 Å². The van der Waals surface area contributed by atoms with Gasteiger partial charge in [0.05, 0.1) is 11.3 Å². The van der Waals surface area contributed by atoms with Crippen LogP contribution in [0.3, 0.4) is 0 Å². The number of nitrogens with zero attached hydrogens (tertiary/aromatic N) is 2. The number of carbonyl (C=O) groups excluding carboxylic acids is 1. The minimum absolute atomic E-state index is 0.0171. The molecule has 0 aliphatic carbocycles. The van der Waals surface area contributed by atoms with E-state index < -0.39 is 0 Å². The molecule has 0 atom stereocenters. The monoisotopic (exact) mass is 326 g/mol. The summed E-state index contributed by atoms with van der Waals surface area (Å²) in [6, 6.07) is 13.2. The molecule has 0 unspecified atom stereocenters. The van der Waals surface area contributed by atoms with Crippen molar-refractivity contribution in [2.45, 2.75) is 0 Å². The van der Waals surface area contributed by atoms with E-state index in [4.69, 9.17) is 0 Å². The van der Waals surface area contributed by atoms with Gasteiger partial charge in [-0.25, -0.2) is 4.39 Å². The van der Waals surface area contributed by atoms with E-state index in [1.54, 1.807) is 36.5 Å². The molecule has 0 bridgehead atoms. The third-order valence-electron chi connectivity index (χ3n) is 4.11. The Balaban J connectivity index is 1.58. The number of phenolic OH excluding ortho intramolecular Hbond substituents is 1. The number of benzene rings is 2. The zero-order chi connectivity index (χ0) is 16.9. The molecule has 0 saturated carbocycles. The topological polar surface area (TPSA) is 43.8 Å².